The molecule has 8 heteroatoms. The number of methoxy groups -OCH3 is 1. The summed E-state index contributed by atoms with van der Waals surface area (Å²) >= 11 is 12.4. The number of rotatable bonds is 5. The van der Waals surface area contributed by atoms with Crippen LogP contribution in [-0.4, -0.2) is 29.0 Å². The lowest BCUT2D eigenvalue weighted by atomic mass is 9.94. The highest BCUT2D eigenvalue weighted by molar-refractivity contribution is 6.52. The Morgan fingerprint density at radius 1 is 1.03 bits per heavy atom. The van der Waals surface area contributed by atoms with Crippen LogP contribution in [0.15, 0.2) is 66.2 Å². The molecule has 1 amide bonds. The maximum atomic E-state index is 13.3. The minimum atomic E-state index is -1.02. The highest BCUT2D eigenvalue weighted by atomic mass is 35.5. The average Bonchev–Trinajstić information content (AvgIpc) is 3.08. The van der Waals surface area contributed by atoms with Crippen LogP contribution in [0.3, 0.4) is 0 Å². The number of hydrogen-bond acceptors (Lipinski definition) is 5. The third-order valence-corrected chi connectivity index (χ3v) is 6.43. The number of hydrogen-bond donors (Lipinski definition) is 2. The summed E-state index contributed by atoms with van der Waals surface area (Å²) in [7, 11) is 1.37. The molecule has 0 radical (unpaired) electrons. The van der Waals surface area contributed by atoms with E-state index in [1.54, 1.807) is 24.3 Å². The van der Waals surface area contributed by atoms with Gasteiger partial charge in [0.05, 0.1) is 29.3 Å². The highest BCUT2D eigenvalue weighted by Crippen LogP contribution is 2.45. The maximum Gasteiger partial charge on any atom is 0.300 e. The molecule has 0 saturated carbocycles. The molecule has 2 N–H and O–H groups in total. The summed E-state index contributed by atoms with van der Waals surface area (Å²) in [6.45, 7) is 4.11. The number of anilines is 1. The van der Waals surface area contributed by atoms with E-state index in [1.165, 1.54) is 36.3 Å². The largest absolute Gasteiger partial charge is 0.508 e. The Morgan fingerprint density at radius 2 is 1.71 bits per heavy atom. The van der Waals surface area contributed by atoms with Gasteiger partial charge in [-0.05, 0) is 53.4 Å². The highest BCUT2D eigenvalue weighted by Gasteiger charge is 2.47. The van der Waals surface area contributed by atoms with Crippen molar-refractivity contribution < 1.29 is 24.5 Å². The van der Waals surface area contributed by atoms with Crippen LogP contribution in [0.1, 0.15) is 42.5 Å². The molecule has 4 rings (SSSR count). The van der Waals surface area contributed by atoms with Crippen molar-refractivity contribution in [2.45, 2.75) is 25.8 Å². The molecule has 1 aliphatic rings. The van der Waals surface area contributed by atoms with E-state index in [9.17, 15) is 19.8 Å². The molecule has 6 nitrogen and oxygen atoms in total. The zero-order valence-corrected chi connectivity index (χ0v) is 20.8. The topological polar surface area (TPSA) is 87.1 Å². The molecule has 1 saturated heterocycles. The molecular weight excluding hydrogens is 489 g/mol. The van der Waals surface area contributed by atoms with Gasteiger partial charge >= 0.3 is 0 Å². The normalized spacial score (nSPS) is 17.3. The number of carbonyl (C=O) groups excluding carboxylic acids is 2. The molecule has 0 aromatic heterocycles. The van der Waals surface area contributed by atoms with Gasteiger partial charge in [-0.1, -0.05) is 61.3 Å². The van der Waals surface area contributed by atoms with E-state index in [4.69, 9.17) is 27.9 Å². The molecule has 180 valence electrons. The summed E-state index contributed by atoms with van der Waals surface area (Å²) in [4.78, 5) is 28.0. The molecule has 1 aliphatic heterocycles. The summed E-state index contributed by atoms with van der Waals surface area (Å²) in [5, 5.41) is 21.9. The predicted molar refractivity (Wildman–Crippen MR) is 136 cm³/mol. The van der Waals surface area contributed by atoms with Crippen molar-refractivity contribution in [3.63, 3.8) is 0 Å². The number of nitrogens with zero attached hydrogens (tertiary/aromatic N) is 1. The second-order valence-electron chi connectivity index (χ2n) is 8.48. The fraction of sp³-hybridized carbons (Fsp3) is 0.185. The first-order chi connectivity index (χ1) is 16.6. The molecule has 1 heterocycles. The first-order valence-electron chi connectivity index (χ1n) is 10.9. The molecule has 0 aliphatic carbocycles. The van der Waals surface area contributed by atoms with Crippen molar-refractivity contribution >= 4 is 46.3 Å². The van der Waals surface area contributed by atoms with E-state index in [0.29, 0.717) is 11.3 Å². The van der Waals surface area contributed by atoms with Gasteiger partial charge in [0.1, 0.15) is 17.3 Å². The van der Waals surface area contributed by atoms with Crippen molar-refractivity contribution in [3.8, 4) is 11.5 Å². The number of Topliss-reactive ketones (excluding diaryl/α,β-unsaturated/α-hetero) is 1. The zero-order chi connectivity index (χ0) is 25.4. The SMILES string of the molecule is COc1c(Cl)cc(Cl)cc1/C(O)=C1\C(=O)C(=O)N(c2ccc(C(C)C)cc2)C1c1cccc(O)c1. The van der Waals surface area contributed by atoms with Gasteiger partial charge in [0.15, 0.2) is 0 Å². The van der Waals surface area contributed by atoms with E-state index >= 15 is 0 Å². The quantitative estimate of drug-likeness (QED) is 0.233. The van der Waals surface area contributed by atoms with Crippen molar-refractivity contribution in [1.29, 1.82) is 0 Å². The van der Waals surface area contributed by atoms with Crippen LogP contribution in [0, 0.1) is 0 Å². The van der Waals surface area contributed by atoms with Gasteiger partial charge < -0.3 is 14.9 Å². The molecular formula is C27H23Cl2NO5. The fourth-order valence-corrected chi connectivity index (χ4v) is 4.79. The first kappa shape index (κ1) is 24.6. The van der Waals surface area contributed by atoms with E-state index in [0.717, 1.165) is 5.56 Å². The van der Waals surface area contributed by atoms with Gasteiger partial charge in [0, 0.05) is 10.7 Å². The lowest BCUT2D eigenvalue weighted by Gasteiger charge is -2.26. The molecule has 3 aromatic carbocycles. The number of ether oxygens (including phenoxy) is 1. The first-order valence-corrected chi connectivity index (χ1v) is 11.6. The number of benzene rings is 3. The van der Waals surface area contributed by atoms with Gasteiger partial charge in [0.2, 0.25) is 0 Å². The van der Waals surface area contributed by atoms with Crippen LogP contribution in [0.5, 0.6) is 11.5 Å². The Labute approximate surface area is 213 Å². The number of phenols is 1. The predicted octanol–water partition coefficient (Wildman–Crippen LogP) is 6.46. The van der Waals surface area contributed by atoms with Gasteiger partial charge in [-0.25, -0.2) is 0 Å². The number of carbonyl (C=O) groups is 2. The summed E-state index contributed by atoms with van der Waals surface area (Å²) in [6.07, 6.45) is 0. The minimum absolute atomic E-state index is 0.0494. The lowest BCUT2D eigenvalue weighted by Crippen LogP contribution is -2.29. The van der Waals surface area contributed by atoms with Gasteiger partial charge in [-0.2, -0.15) is 0 Å². The summed E-state index contributed by atoms with van der Waals surface area (Å²) < 4.78 is 5.35. The number of aliphatic hydroxyl groups is 1. The summed E-state index contributed by atoms with van der Waals surface area (Å²) in [5.74, 6) is -1.85. The minimum Gasteiger partial charge on any atom is -0.508 e. The Balaban J connectivity index is 1.98. The van der Waals surface area contributed by atoms with E-state index in [1.807, 2.05) is 12.1 Å². The van der Waals surface area contributed by atoms with Crippen LogP contribution in [0.2, 0.25) is 10.0 Å². The number of ketones is 1. The second-order valence-corrected chi connectivity index (χ2v) is 9.32. The van der Waals surface area contributed by atoms with E-state index in [-0.39, 0.29) is 38.6 Å². The van der Waals surface area contributed by atoms with Crippen molar-refractivity contribution in [1.82, 2.24) is 0 Å². The van der Waals surface area contributed by atoms with Crippen molar-refractivity contribution in [2.75, 3.05) is 12.0 Å². The van der Waals surface area contributed by atoms with Crippen LogP contribution in [0.25, 0.3) is 5.76 Å². The maximum absolute atomic E-state index is 13.3. The molecule has 0 spiro atoms. The smallest absolute Gasteiger partial charge is 0.300 e. The standard InChI is InChI=1S/C27H23Cl2NO5/c1-14(2)15-7-9-18(10-8-15)30-23(16-5-4-6-19(31)11-16)22(25(33)27(30)34)24(32)20-12-17(28)13-21(29)26(20)35-3/h4-14,23,31-32H,1-3H3/b24-22+. The van der Waals surface area contributed by atoms with Gasteiger partial charge in [-0.15, -0.1) is 0 Å². The molecule has 1 fully saturated rings. The molecule has 3 aromatic rings. The second kappa shape index (κ2) is 9.64. The zero-order valence-electron chi connectivity index (χ0n) is 19.3. The molecule has 1 unspecified atom stereocenters. The van der Waals surface area contributed by atoms with Crippen molar-refractivity contribution in [3.05, 3.63) is 93.0 Å². The molecule has 35 heavy (non-hydrogen) atoms. The monoisotopic (exact) mass is 511 g/mol. The lowest BCUT2D eigenvalue weighted by molar-refractivity contribution is -0.132. The van der Waals surface area contributed by atoms with Crippen LogP contribution in [-0.2, 0) is 9.59 Å². The number of halogens is 2. The van der Waals surface area contributed by atoms with Crippen LogP contribution < -0.4 is 9.64 Å². The number of amides is 1. The molecule has 0 bridgehead atoms. The average molecular weight is 512 g/mol. The molecule has 1 atom stereocenters. The van der Waals surface area contributed by atoms with Gasteiger partial charge in [0.25, 0.3) is 11.7 Å². The summed E-state index contributed by atoms with van der Waals surface area (Å²) in [6, 6.07) is 15.3. The number of aromatic hydroxyl groups is 1. The number of phenolic OH excluding ortho intramolecular Hbond substituents is 1. The van der Waals surface area contributed by atoms with Crippen molar-refractivity contribution in [2.24, 2.45) is 0 Å². The van der Waals surface area contributed by atoms with Crippen LogP contribution >= 0.6 is 23.2 Å². The van der Waals surface area contributed by atoms with Gasteiger partial charge in [-0.3, -0.25) is 14.5 Å². The Hall–Kier alpha value is -3.48. The third kappa shape index (κ3) is 4.47. The van der Waals surface area contributed by atoms with Crippen LogP contribution in [0.4, 0.5) is 5.69 Å². The Kier molecular flexibility index (Phi) is 6.79. The third-order valence-electron chi connectivity index (χ3n) is 5.94. The Morgan fingerprint density at radius 3 is 2.31 bits per heavy atom. The fourth-order valence-electron chi connectivity index (χ4n) is 4.22. The number of aliphatic hydroxyl groups excluding tert-OH is 1. The summed E-state index contributed by atoms with van der Waals surface area (Å²) in [5.41, 5.74) is 1.87. The van der Waals surface area contributed by atoms with E-state index < -0.39 is 23.5 Å². The van der Waals surface area contributed by atoms with E-state index in [2.05, 4.69) is 13.8 Å². The Bertz CT molecular complexity index is 1350.